The van der Waals surface area contributed by atoms with Crippen LogP contribution in [0.1, 0.15) is 18.7 Å². The van der Waals surface area contributed by atoms with Gasteiger partial charge in [-0.3, -0.25) is 0 Å². The molecule has 1 unspecified atom stereocenters. The van der Waals surface area contributed by atoms with E-state index >= 15 is 0 Å². The molecule has 1 heterocycles. The second kappa shape index (κ2) is 3.43. The van der Waals surface area contributed by atoms with Crippen molar-refractivity contribution in [1.29, 1.82) is 0 Å². The van der Waals surface area contributed by atoms with E-state index in [1.165, 1.54) is 13.1 Å². The number of hydrogen-bond acceptors (Lipinski definition) is 3. The van der Waals surface area contributed by atoms with Gasteiger partial charge < -0.3 is 5.11 Å². The van der Waals surface area contributed by atoms with Crippen LogP contribution in [-0.2, 0) is 10.0 Å². The summed E-state index contributed by atoms with van der Waals surface area (Å²) in [6.45, 7) is 1.52. The monoisotopic (exact) mass is 267 g/mol. The largest absolute Gasteiger partial charge is 0.387 e. The lowest BCUT2D eigenvalue weighted by Gasteiger charge is -2.07. The van der Waals surface area contributed by atoms with Gasteiger partial charge in [-0.2, -0.15) is 0 Å². The van der Waals surface area contributed by atoms with Crippen LogP contribution in [0.3, 0.4) is 0 Å². The molecule has 0 saturated heterocycles. The first-order valence-electron chi connectivity index (χ1n) is 3.59. The molecule has 0 aliphatic heterocycles. The summed E-state index contributed by atoms with van der Waals surface area (Å²) in [6.07, 6.45) is 1.70. The standard InChI is InChI=1S/C7H10BrNO3S/c1-5(10)7-3-6(8)4-9(7)13(2,11)12/h3-5,10H,1-2H3. The molecule has 6 heteroatoms. The van der Waals surface area contributed by atoms with Gasteiger partial charge in [0.05, 0.1) is 18.1 Å². The fourth-order valence-corrected chi connectivity index (χ4v) is 2.49. The van der Waals surface area contributed by atoms with Gasteiger partial charge in [-0.1, -0.05) is 0 Å². The Morgan fingerprint density at radius 1 is 1.62 bits per heavy atom. The molecule has 74 valence electrons. The molecule has 0 aliphatic carbocycles. The van der Waals surface area contributed by atoms with Crippen LogP contribution in [0.2, 0.25) is 0 Å². The maximum atomic E-state index is 11.2. The quantitative estimate of drug-likeness (QED) is 0.874. The highest BCUT2D eigenvalue weighted by atomic mass is 79.9. The Morgan fingerprint density at radius 3 is 2.46 bits per heavy atom. The summed E-state index contributed by atoms with van der Waals surface area (Å²) in [5, 5.41) is 9.28. The first-order chi connectivity index (χ1) is 5.82. The van der Waals surface area contributed by atoms with Gasteiger partial charge in [-0.15, -0.1) is 0 Å². The second-order valence-electron chi connectivity index (χ2n) is 2.82. The van der Waals surface area contributed by atoms with Gasteiger partial charge in [0.15, 0.2) is 0 Å². The van der Waals surface area contributed by atoms with Crippen LogP contribution in [0.4, 0.5) is 0 Å². The summed E-state index contributed by atoms with van der Waals surface area (Å²) in [5.41, 5.74) is 0.356. The predicted molar refractivity (Wildman–Crippen MR) is 53.0 cm³/mol. The van der Waals surface area contributed by atoms with Crippen LogP contribution in [0, 0.1) is 0 Å². The molecule has 0 aliphatic rings. The van der Waals surface area contributed by atoms with Crippen molar-refractivity contribution >= 4 is 26.0 Å². The highest BCUT2D eigenvalue weighted by Gasteiger charge is 2.15. The molecule has 1 rings (SSSR count). The summed E-state index contributed by atoms with van der Waals surface area (Å²) in [7, 11) is -3.33. The molecule has 0 amide bonds. The van der Waals surface area contributed by atoms with Gasteiger partial charge in [-0.25, -0.2) is 12.4 Å². The maximum absolute atomic E-state index is 11.2. The normalized spacial score (nSPS) is 14.5. The Balaban J connectivity index is 3.37. The summed E-state index contributed by atoms with van der Waals surface area (Å²) < 4.78 is 24.1. The van der Waals surface area contributed by atoms with Crippen molar-refractivity contribution in [2.24, 2.45) is 0 Å². The lowest BCUT2D eigenvalue weighted by Crippen LogP contribution is -2.13. The Bertz CT molecular complexity index is 407. The van der Waals surface area contributed by atoms with Gasteiger partial charge in [-0.05, 0) is 28.9 Å². The molecule has 0 bridgehead atoms. The fraction of sp³-hybridized carbons (Fsp3) is 0.429. The number of nitrogens with zero attached hydrogens (tertiary/aromatic N) is 1. The highest BCUT2D eigenvalue weighted by molar-refractivity contribution is 9.10. The average Bonchev–Trinajstić information content (AvgIpc) is 2.29. The summed E-state index contributed by atoms with van der Waals surface area (Å²) in [4.78, 5) is 0. The Morgan fingerprint density at radius 2 is 2.15 bits per heavy atom. The number of aliphatic hydroxyl groups excluding tert-OH is 1. The van der Waals surface area contributed by atoms with Crippen LogP contribution >= 0.6 is 15.9 Å². The SMILES string of the molecule is CC(O)c1cc(Br)cn1S(C)(=O)=O. The Labute approximate surface area is 85.4 Å². The number of aromatic nitrogens is 1. The van der Waals surface area contributed by atoms with Crippen LogP contribution in [-0.4, -0.2) is 23.8 Å². The van der Waals surface area contributed by atoms with Crippen molar-refractivity contribution in [3.8, 4) is 0 Å². The van der Waals surface area contributed by atoms with E-state index in [1.54, 1.807) is 6.07 Å². The third-order valence-corrected chi connectivity index (χ3v) is 3.03. The number of hydrogen-bond donors (Lipinski definition) is 1. The smallest absolute Gasteiger partial charge is 0.235 e. The predicted octanol–water partition coefficient (Wildman–Crippen LogP) is 1.11. The van der Waals surface area contributed by atoms with Gasteiger partial charge in [0.1, 0.15) is 0 Å². The number of halogens is 1. The van der Waals surface area contributed by atoms with Gasteiger partial charge in [0.25, 0.3) is 0 Å². The molecule has 0 fully saturated rings. The molecule has 0 radical (unpaired) electrons. The lowest BCUT2D eigenvalue weighted by atomic mass is 10.3. The summed E-state index contributed by atoms with van der Waals surface area (Å²) in [6, 6.07) is 1.58. The first kappa shape index (κ1) is 10.7. The second-order valence-corrected chi connectivity index (χ2v) is 5.59. The molecule has 4 nitrogen and oxygen atoms in total. The van der Waals surface area contributed by atoms with Crippen molar-refractivity contribution in [3.63, 3.8) is 0 Å². The Hall–Kier alpha value is -0.330. The molecular weight excluding hydrogens is 258 g/mol. The zero-order valence-electron chi connectivity index (χ0n) is 7.23. The lowest BCUT2D eigenvalue weighted by molar-refractivity contribution is 0.193. The average molecular weight is 268 g/mol. The van der Waals surface area contributed by atoms with E-state index < -0.39 is 16.1 Å². The Kier molecular flexibility index (Phi) is 2.84. The van der Waals surface area contributed by atoms with E-state index in [0.717, 1.165) is 10.2 Å². The van der Waals surface area contributed by atoms with E-state index in [0.29, 0.717) is 10.2 Å². The highest BCUT2D eigenvalue weighted by Crippen LogP contribution is 2.21. The van der Waals surface area contributed by atoms with Crippen molar-refractivity contribution < 1.29 is 13.5 Å². The molecule has 1 N–H and O–H groups in total. The van der Waals surface area contributed by atoms with Crippen molar-refractivity contribution in [1.82, 2.24) is 3.97 Å². The van der Waals surface area contributed by atoms with E-state index in [-0.39, 0.29) is 0 Å². The van der Waals surface area contributed by atoms with E-state index in [2.05, 4.69) is 15.9 Å². The zero-order chi connectivity index (χ0) is 10.2. The van der Waals surface area contributed by atoms with Crippen LogP contribution < -0.4 is 0 Å². The van der Waals surface area contributed by atoms with Gasteiger partial charge in [0.2, 0.25) is 10.0 Å². The van der Waals surface area contributed by atoms with Crippen molar-refractivity contribution in [2.45, 2.75) is 13.0 Å². The van der Waals surface area contributed by atoms with Crippen LogP contribution in [0.15, 0.2) is 16.7 Å². The molecule has 0 aromatic carbocycles. The van der Waals surface area contributed by atoms with Gasteiger partial charge in [0, 0.05) is 10.7 Å². The van der Waals surface area contributed by atoms with E-state index in [9.17, 15) is 13.5 Å². The molecule has 1 aromatic rings. The third kappa shape index (κ3) is 2.32. The summed E-state index contributed by atoms with van der Waals surface area (Å²) in [5.74, 6) is 0. The molecular formula is C7H10BrNO3S. The zero-order valence-corrected chi connectivity index (χ0v) is 9.63. The number of rotatable bonds is 2. The minimum atomic E-state index is -3.33. The maximum Gasteiger partial charge on any atom is 0.235 e. The van der Waals surface area contributed by atoms with Crippen molar-refractivity contribution in [2.75, 3.05) is 6.26 Å². The summed E-state index contributed by atoms with van der Waals surface area (Å²) >= 11 is 3.15. The molecule has 0 saturated carbocycles. The molecule has 13 heavy (non-hydrogen) atoms. The molecule has 1 atom stereocenters. The molecule has 0 spiro atoms. The van der Waals surface area contributed by atoms with Crippen molar-refractivity contribution in [3.05, 3.63) is 22.4 Å². The minimum Gasteiger partial charge on any atom is -0.387 e. The minimum absolute atomic E-state index is 0.356. The van der Waals surface area contributed by atoms with E-state index in [1.807, 2.05) is 0 Å². The topological polar surface area (TPSA) is 59.3 Å². The first-order valence-corrected chi connectivity index (χ1v) is 6.23. The van der Waals surface area contributed by atoms with Gasteiger partial charge >= 0.3 is 0 Å². The fourth-order valence-electron chi connectivity index (χ4n) is 1.02. The number of aliphatic hydroxyl groups is 1. The molecule has 1 aromatic heterocycles. The van der Waals surface area contributed by atoms with Crippen LogP contribution in [0.5, 0.6) is 0 Å². The third-order valence-electron chi connectivity index (χ3n) is 1.57. The van der Waals surface area contributed by atoms with E-state index in [4.69, 9.17) is 0 Å². The van der Waals surface area contributed by atoms with Crippen LogP contribution in [0.25, 0.3) is 0 Å².